The highest BCUT2D eigenvalue weighted by atomic mass is 32.1. The molecule has 0 saturated carbocycles. The van der Waals surface area contributed by atoms with Crippen LogP contribution in [0, 0.1) is 6.92 Å². The molecule has 4 heteroatoms. The van der Waals surface area contributed by atoms with Gasteiger partial charge in [-0.05, 0) is 36.7 Å². The van der Waals surface area contributed by atoms with E-state index in [0.29, 0.717) is 11.3 Å². The molecule has 0 bridgehead atoms. The Morgan fingerprint density at radius 3 is 2.93 bits per heavy atom. The maximum Gasteiger partial charge on any atom is 0.212 e. The molecule has 14 heavy (non-hydrogen) atoms. The van der Waals surface area contributed by atoms with Crippen LogP contribution in [-0.4, -0.2) is 15.1 Å². The molecule has 0 aliphatic rings. The van der Waals surface area contributed by atoms with Gasteiger partial charge in [0.1, 0.15) is 5.69 Å². The molecule has 0 radical (unpaired) electrons. The first-order valence-electron chi connectivity index (χ1n) is 4.15. The summed E-state index contributed by atoms with van der Waals surface area (Å²) in [5.74, 6) is -0.0447. The third kappa shape index (κ3) is 1.70. The molecule has 2 aromatic heterocycles. The number of hydrogen-bond donors (Lipinski definition) is 0. The first-order chi connectivity index (χ1) is 6.77. The molecule has 2 rings (SSSR count). The standard InChI is InChI=1S/C10H8N2OS/c1-7-6-8(2-4-11-7)10(13)9-3-5-14-12-9/h2-6H,1H3. The summed E-state index contributed by atoms with van der Waals surface area (Å²) in [6.07, 6.45) is 1.63. The molecule has 2 aromatic rings. The highest BCUT2D eigenvalue weighted by molar-refractivity contribution is 7.03. The van der Waals surface area contributed by atoms with Crippen molar-refractivity contribution in [2.75, 3.05) is 0 Å². The molecule has 0 N–H and O–H groups in total. The highest BCUT2D eigenvalue weighted by Crippen LogP contribution is 2.09. The fourth-order valence-electron chi connectivity index (χ4n) is 1.16. The first-order valence-corrected chi connectivity index (χ1v) is 4.99. The number of carbonyl (C=O) groups excluding carboxylic acids is 1. The van der Waals surface area contributed by atoms with Gasteiger partial charge in [0.05, 0.1) is 0 Å². The summed E-state index contributed by atoms with van der Waals surface area (Å²) in [7, 11) is 0. The van der Waals surface area contributed by atoms with E-state index in [0.717, 1.165) is 5.69 Å². The van der Waals surface area contributed by atoms with Crippen LogP contribution in [-0.2, 0) is 0 Å². The zero-order chi connectivity index (χ0) is 9.97. The van der Waals surface area contributed by atoms with Gasteiger partial charge in [-0.2, -0.15) is 4.37 Å². The number of nitrogens with zero attached hydrogens (tertiary/aromatic N) is 2. The van der Waals surface area contributed by atoms with Gasteiger partial charge in [-0.1, -0.05) is 0 Å². The zero-order valence-electron chi connectivity index (χ0n) is 7.60. The van der Waals surface area contributed by atoms with Crippen LogP contribution in [0.1, 0.15) is 21.7 Å². The number of ketones is 1. The minimum atomic E-state index is -0.0447. The summed E-state index contributed by atoms with van der Waals surface area (Å²) in [6.45, 7) is 1.86. The van der Waals surface area contributed by atoms with Crippen LogP contribution >= 0.6 is 11.5 Å². The summed E-state index contributed by atoms with van der Waals surface area (Å²) in [6, 6.07) is 5.19. The summed E-state index contributed by atoms with van der Waals surface area (Å²) in [5, 5.41) is 1.79. The summed E-state index contributed by atoms with van der Waals surface area (Å²) in [4.78, 5) is 15.8. The first kappa shape index (κ1) is 9.02. The van der Waals surface area contributed by atoms with E-state index in [2.05, 4.69) is 9.36 Å². The van der Waals surface area contributed by atoms with Crippen LogP contribution in [0.5, 0.6) is 0 Å². The van der Waals surface area contributed by atoms with E-state index < -0.39 is 0 Å². The fourth-order valence-corrected chi connectivity index (χ4v) is 1.67. The highest BCUT2D eigenvalue weighted by Gasteiger charge is 2.10. The van der Waals surface area contributed by atoms with Crippen LogP contribution in [0.3, 0.4) is 0 Å². The zero-order valence-corrected chi connectivity index (χ0v) is 8.41. The second-order valence-corrected chi connectivity index (χ2v) is 3.57. The second kappa shape index (κ2) is 3.67. The van der Waals surface area contributed by atoms with Crippen LogP contribution in [0.15, 0.2) is 29.8 Å². The Kier molecular flexibility index (Phi) is 2.37. The van der Waals surface area contributed by atoms with E-state index in [9.17, 15) is 4.79 Å². The molecule has 0 atom stereocenters. The molecule has 0 aliphatic carbocycles. The third-order valence-corrected chi connectivity index (χ3v) is 2.39. The van der Waals surface area contributed by atoms with Gasteiger partial charge < -0.3 is 0 Å². The molecule has 0 unspecified atom stereocenters. The summed E-state index contributed by atoms with van der Waals surface area (Å²) < 4.78 is 3.99. The van der Waals surface area contributed by atoms with E-state index in [1.165, 1.54) is 11.5 Å². The number of hydrogen-bond acceptors (Lipinski definition) is 4. The Morgan fingerprint density at radius 2 is 2.29 bits per heavy atom. The topological polar surface area (TPSA) is 42.9 Å². The average molecular weight is 204 g/mol. The van der Waals surface area contributed by atoms with Gasteiger partial charge >= 0.3 is 0 Å². The summed E-state index contributed by atoms with van der Waals surface area (Å²) >= 11 is 1.28. The molecule has 2 heterocycles. The van der Waals surface area contributed by atoms with E-state index in [1.807, 2.05) is 6.92 Å². The number of carbonyl (C=O) groups is 1. The number of pyridine rings is 1. The lowest BCUT2D eigenvalue weighted by Crippen LogP contribution is -2.01. The van der Waals surface area contributed by atoms with Gasteiger partial charge in [-0.25, -0.2) is 0 Å². The van der Waals surface area contributed by atoms with Crippen molar-refractivity contribution in [3.63, 3.8) is 0 Å². The maximum absolute atomic E-state index is 11.8. The molecular weight excluding hydrogens is 196 g/mol. The van der Waals surface area contributed by atoms with Gasteiger partial charge in [0, 0.05) is 22.8 Å². The third-order valence-electron chi connectivity index (χ3n) is 1.83. The minimum Gasteiger partial charge on any atom is -0.287 e. The van der Waals surface area contributed by atoms with Gasteiger partial charge in [-0.3, -0.25) is 9.78 Å². The molecule has 3 nitrogen and oxygen atoms in total. The van der Waals surface area contributed by atoms with Crippen LogP contribution in [0.2, 0.25) is 0 Å². The lowest BCUT2D eigenvalue weighted by Gasteiger charge is -1.97. The Bertz CT molecular complexity index is 451. The number of rotatable bonds is 2. The normalized spacial score (nSPS) is 10.1. The van der Waals surface area contributed by atoms with Crippen LogP contribution < -0.4 is 0 Å². The van der Waals surface area contributed by atoms with Crippen LogP contribution in [0.25, 0.3) is 0 Å². The Balaban J connectivity index is 2.37. The Hall–Kier alpha value is -1.55. The van der Waals surface area contributed by atoms with E-state index in [4.69, 9.17) is 0 Å². The molecule has 0 aliphatic heterocycles. The average Bonchev–Trinajstić information content (AvgIpc) is 2.69. The van der Waals surface area contributed by atoms with Gasteiger partial charge in [-0.15, -0.1) is 0 Å². The summed E-state index contributed by atoms with van der Waals surface area (Å²) in [5.41, 5.74) is 1.98. The quantitative estimate of drug-likeness (QED) is 0.703. The van der Waals surface area contributed by atoms with Gasteiger partial charge in [0.2, 0.25) is 5.78 Å². The number of aromatic nitrogens is 2. The van der Waals surface area contributed by atoms with Crippen molar-refractivity contribution in [3.05, 3.63) is 46.7 Å². The maximum atomic E-state index is 11.8. The predicted molar refractivity (Wildman–Crippen MR) is 54.5 cm³/mol. The minimum absolute atomic E-state index is 0.0447. The van der Waals surface area contributed by atoms with Crippen molar-refractivity contribution in [2.24, 2.45) is 0 Å². The van der Waals surface area contributed by atoms with Gasteiger partial charge in [0.25, 0.3) is 0 Å². The molecule has 0 saturated heterocycles. The van der Waals surface area contributed by atoms with Crippen molar-refractivity contribution >= 4 is 17.3 Å². The molecule has 0 spiro atoms. The Labute approximate surface area is 85.6 Å². The molecule has 0 amide bonds. The molecule has 0 aromatic carbocycles. The lowest BCUT2D eigenvalue weighted by molar-refractivity contribution is 0.103. The van der Waals surface area contributed by atoms with Crippen molar-refractivity contribution in [2.45, 2.75) is 6.92 Å². The van der Waals surface area contributed by atoms with Crippen molar-refractivity contribution in [1.82, 2.24) is 9.36 Å². The lowest BCUT2D eigenvalue weighted by atomic mass is 10.1. The monoisotopic (exact) mass is 204 g/mol. The second-order valence-electron chi connectivity index (χ2n) is 2.90. The van der Waals surface area contributed by atoms with Crippen molar-refractivity contribution in [1.29, 1.82) is 0 Å². The number of aryl methyl sites for hydroxylation is 1. The smallest absolute Gasteiger partial charge is 0.212 e. The molecular formula is C10H8N2OS. The molecule has 70 valence electrons. The predicted octanol–water partition coefficient (Wildman–Crippen LogP) is 2.08. The van der Waals surface area contributed by atoms with Crippen molar-refractivity contribution in [3.8, 4) is 0 Å². The van der Waals surface area contributed by atoms with Crippen molar-refractivity contribution < 1.29 is 4.79 Å². The van der Waals surface area contributed by atoms with E-state index in [1.54, 1.807) is 29.8 Å². The largest absolute Gasteiger partial charge is 0.287 e. The van der Waals surface area contributed by atoms with E-state index >= 15 is 0 Å². The van der Waals surface area contributed by atoms with Gasteiger partial charge in [0.15, 0.2) is 0 Å². The van der Waals surface area contributed by atoms with E-state index in [-0.39, 0.29) is 5.78 Å². The molecule has 0 fully saturated rings. The van der Waals surface area contributed by atoms with Crippen LogP contribution in [0.4, 0.5) is 0 Å². The SMILES string of the molecule is Cc1cc(C(=O)c2ccsn2)ccn1. The Morgan fingerprint density at radius 1 is 1.43 bits per heavy atom. The fraction of sp³-hybridized carbons (Fsp3) is 0.100.